The first kappa shape index (κ1) is 19.7. The highest BCUT2D eigenvalue weighted by Crippen LogP contribution is 2.18. The van der Waals surface area contributed by atoms with Gasteiger partial charge in [0.2, 0.25) is 0 Å². The van der Waals surface area contributed by atoms with Gasteiger partial charge in [0.05, 0.1) is 12.2 Å². The minimum Gasteiger partial charge on any atom is -0.484 e. The van der Waals surface area contributed by atoms with Crippen molar-refractivity contribution in [2.75, 3.05) is 20.2 Å². The van der Waals surface area contributed by atoms with Crippen molar-refractivity contribution in [1.82, 2.24) is 20.9 Å². The number of pyridine rings is 1. The molecule has 0 saturated heterocycles. The van der Waals surface area contributed by atoms with E-state index in [1.54, 1.807) is 13.2 Å². The number of hydrogen-bond donors (Lipinski definition) is 3. The summed E-state index contributed by atoms with van der Waals surface area (Å²) in [5.74, 6) is 1.39. The van der Waals surface area contributed by atoms with Gasteiger partial charge in [-0.3, -0.25) is 14.8 Å². The molecule has 1 aromatic heterocycles. The summed E-state index contributed by atoms with van der Waals surface area (Å²) in [5, 5.41) is 9.45. The number of amides is 1. The molecule has 28 heavy (non-hydrogen) atoms. The molecule has 1 aliphatic rings. The monoisotopic (exact) mass is 381 g/mol. The summed E-state index contributed by atoms with van der Waals surface area (Å²) in [5.41, 5.74) is 2.15. The predicted octanol–water partition coefficient (Wildman–Crippen LogP) is 1.65. The zero-order valence-electron chi connectivity index (χ0n) is 16.1. The summed E-state index contributed by atoms with van der Waals surface area (Å²) in [4.78, 5) is 20.2. The Balaban J connectivity index is 1.34. The zero-order chi connectivity index (χ0) is 19.6. The molecule has 0 atom stereocenters. The van der Waals surface area contributed by atoms with Crippen LogP contribution in [0, 0.1) is 0 Å². The Kier molecular flexibility index (Phi) is 7.23. The highest BCUT2D eigenvalue weighted by molar-refractivity contribution is 5.79. The van der Waals surface area contributed by atoms with Crippen LogP contribution in [-0.2, 0) is 17.8 Å². The molecule has 3 N–H and O–H groups in total. The number of carbonyl (C=O) groups is 1. The second-order valence-electron chi connectivity index (χ2n) is 6.70. The van der Waals surface area contributed by atoms with Gasteiger partial charge in [0.1, 0.15) is 5.75 Å². The van der Waals surface area contributed by atoms with E-state index in [1.807, 2.05) is 42.5 Å². The van der Waals surface area contributed by atoms with Crippen molar-refractivity contribution in [2.24, 2.45) is 4.99 Å². The third-order valence-electron chi connectivity index (χ3n) is 4.33. The lowest BCUT2D eigenvalue weighted by atomic mass is 10.1. The van der Waals surface area contributed by atoms with Gasteiger partial charge in [-0.1, -0.05) is 18.2 Å². The highest BCUT2D eigenvalue weighted by Gasteiger charge is 2.23. The number of guanidine groups is 1. The molecule has 148 valence electrons. The molecule has 0 unspecified atom stereocenters. The Hall–Kier alpha value is -3.09. The van der Waals surface area contributed by atoms with Gasteiger partial charge >= 0.3 is 0 Å². The number of nitrogens with zero attached hydrogens (tertiary/aromatic N) is 2. The van der Waals surface area contributed by atoms with Gasteiger partial charge in [0.15, 0.2) is 12.6 Å². The predicted molar refractivity (Wildman–Crippen MR) is 109 cm³/mol. The first-order valence-corrected chi connectivity index (χ1v) is 9.58. The van der Waals surface area contributed by atoms with Gasteiger partial charge in [-0.25, -0.2) is 0 Å². The lowest BCUT2D eigenvalue weighted by Crippen LogP contribution is -2.38. The number of benzene rings is 1. The van der Waals surface area contributed by atoms with E-state index in [0.717, 1.165) is 37.5 Å². The number of hydrogen-bond acceptors (Lipinski definition) is 4. The fourth-order valence-electron chi connectivity index (χ4n) is 2.62. The minimum atomic E-state index is -0.0552. The average molecular weight is 381 g/mol. The van der Waals surface area contributed by atoms with E-state index in [0.29, 0.717) is 18.3 Å². The standard InChI is InChI=1S/C21H27N5O2/c1-22-21(25-14-18-4-2-3-12-23-18)24-13-11-16-5-9-19(10-6-16)28-15-20(27)26-17-7-8-17/h2-6,9-10,12,17H,7-8,11,13-15H2,1H3,(H,26,27)(H2,22,24,25). The number of carbonyl (C=O) groups excluding carboxylic acids is 1. The van der Waals surface area contributed by atoms with Crippen molar-refractivity contribution in [3.63, 3.8) is 0 Å². The summed E-state index contributed by atoms with van der Waals surface area (Å²) < 4.78 is 5.52. The topological polar surface area (TPSA) is 87.6 Å². The molecule has 0 spiro atoms. The lowest BCUT2D eigenvalue weighted by Gasteiger charge is -2.12. The highest BCUT2D eigenvalue weighted by atomic mass is 16.5. The summed E-state index contributed by atoms with van der Waals surface area (Å²) in [6.45, 7) is 1.45. The van der Waals surface area contributed by atoms with Crippen molar-refractivity contribution in [2.45, 2.75) is 31.8 Å². The van der Waals surface area contributed by atoms with E-state index < -0.39 is 0 Å². The number of ether oxygens (including phenoxy) is 1. The molecule has 0 aliphatic heterocycles. The molecule has 3 rings (SSSR count). The molecule has 1 fully saturated rings. The van der Waals surface area contributed by atoms with Gasteiger partial charge in [0.25, 0.3) is 5.91 Å². The molecule has 1 saturated carbocycles. The quantitative estimate of drug-likeness (QED) is 0.454. The molecule has 2 aromatic rings. The Morgan fingerprint density at radius 2 is 2.00 bits per heavy atom. The smallest absolute Gasteiger partial charge is 0.258 e. The molecular weight excluding hydrogens is 354 g/mol. The van der Waals surface area contributed by atoms with Crippen molar-refractivity contribution in [3.05, 3.63) is 59.9 Å². The van der Waals surface area contributed by atoms with Gasteiger partial charge in [0, 0.05) is 25.8 Å². The Labute approximate surface area is 165 Å². The normalized spacial score (nSPS) is 13.7. The second-order valence-corrected chi connectivity index (χ2v) is 6.70. The molecule has 1 amide bonds. The first-order valence-electron chi connectivity index (χ1n) is 9.58. The summed E-state index contributed by atoms with van der Waals surface area (Å²) in [6, 6.07) is 14.0. The molecule has 7 nitrogen and oxygen atoms in total. The fourth-order valence-corrected chi connectivity index (χ4v) is 2.62. The van der Waals surface area contributed by atoms with Crippen LogP contribution in [0.15, 0.2) is 53.7 Å². The van der Waals surface area contributed by atoms with E-state index >= 15 is 0 Å². The molecule has 0 radical (unpaired) electrons. The van der Waals surface area contributed by atoms with Gasteiger partial charge in [-0.05, 0) is 49.1 Å². The maximum Gasteiger partial charge on any atom is 0.258 e. The largest absolute Gasteiger partial charge is 0.484 e. The maximum absolute atomic E-state index is 11.6. The van der Waals surface area contributed by atoms with Gasteiger partial charge in [-0.15, -0.1) is 0 Å². The van der Waals surface area contributed by atoms with Crippen LogP contribution in [0.2, 0.25) is 0 Å². The van der Waals surface area contributed by atoms with Crippen LogP contribution in [0.25, 0.3) is 0 Å². The van der Waals surface area contributed by atoms with E-state index in [2.05, 4.69) is 25.9 Å². The summed E-state index contributed by atoms with van der Waals surface area (Å²) in [6.07, 6.45) is 4.79. The number of aliphatic imine (C=N–C) groups is 1. The second kappa shape index (κ2) is 10.3. The molecular formula is C21H27N5O2. The van der Waals surface area contributed by atoms with Crippen LogP contribution in [0.3, 0.4) is 0 Å². The van der Waals surface area contributed by atoms with Crippen LogP contribution in [-0.4, -0.2) is 43.1 Å². The molecule has 7 heteroatoms. The third kappa shape index (κ3) is 6.90. The summed E-state index contributed by atoms with van der Waals surface area (Å²) >= 11 is 0. The van der Waals surface area contributed by atoms with E-state index in [9.17, 15) is 4.79 Å². The molecule has 1 heterocycles. The van der Waals surface area contributed by atoms with Crippen LogP contribution in [0.1, 0.15) is 24.1 Å². The molecule has 1 aromatic carbocycles. The third-order valence-corrected chi connectivity index (χ3v) is 4.33. The fraction of sp³-hybridized carbons (Fsp3) is 0.381. The Bertz CT molecular complexity index is 773. The average Bonchev–Trinajstić information content (AvgIpc) is 3.54. The van der Waals surface area contributed by atoms with Crippen molar-refractivity contribution in [1.29, 1.82) is 0 Å². The Morgan fingerprint density at radius 3 is 2.68 bits per heavy atom. The van der Waals surface area contributed by atoms with Crippen molar-refractivity contribution in [3.8, 4) is 5.75 Å². The number of rotatable bonds is 9. The van der Waals surface area contributed by atoms with Gasteiger partial charge < -0.3 is 20.7 Å². The van der Waals surface area contributed by atoms with Crippen LogP contribution < -0.4 is 20.7 Å². The first-order chi connectivity index (χ1) is 13.7. The minimum absolute atomic E-state index is 0.0552. The van der Waals surface area contributed by atoms with Crippen molar-refractivity contribution >= 4 is 11.9 Å². The zero-order valence-corrected chi connectivity index (χ0v) is 16.1. The lowest BCUT2D eigenvalue weighted by molar-refractivity contribution is -0.123. The van der Waals surface area contributed by atoms with Crippen molar-refractivity contribution < 1.29 is 9.53 Å². The van der Waals surface area contributed by atoms with E-state index in [4.69, 9.17) is 4.74 Å². The van der Waals surface area contributed by atoms with Crippen LogP contribution in [0.5, 0.6) is 5.75 Å². The molecule has 0 bridgehead atoms. The summed E-state index contributed by atoms with van der Waals surface area (Å²) in [7, 11) is 1.75. The van der Waals surface area contributed by atoms with E-state index in [-0.39, 0.29) is 12.5 Å². The van der Waals surface area contributed by atoms with Gasteiger partial charge in [-0.2, -0.15) is 0 Å². The SMILES string of the molecule is CN=C(NCCc1ccc(OCC(=O)NC2CC2)cc1)NCc1ccccn1. The molecule has 1 aliphatic carbocycles. The van der Waals surface area contributed by atoms with Crippen LogP contribution in [0.4, 0.5) is 0 Å². The number of aromatic nitrogens is 1. The maximum atomic E-state index is 11.6. The van der Waals surface area contributed by atoms with Crippen LogP contribution >= 0.6 is 0 Å². The van der Waals surface area contributed by atoms with E-state index in [1.165, 1.54) is 5.56 Å². The Morgan fingerprint density at radius 1 is 1.18 bits per heavy atom. The number of nitrogens with one attached hydrogen (secondary N) is 3.